The number of nitrogens with zero attached hydrogens (tertiary/aromatic N) is 2. The minimum Gasteiger partial charge on any atom is -0.351 e. The molecule has 0 atom stereocenters. The number of carbonyl (C=O) groups is 1. The molecule has 1 aromatic heterocycles. The van der Waals surface area contributed by atoms with Gasteiger partial charge in [-0.3, -0.25) is 4.79 Å². The fraction of sp³-hybridized carbons (Fsp3) is 0.667. The van der Waals surface area contributed by atoms with E-state index in [-0.39, 0.29) is 11.7 Å². The Morgan fingerprint density at radius 1 is 1.47 bits per heavy atom. The van der Waals surface area contributed by atoms with Crippen LogP contribution in [0.1, 0.15) is 36.5 Å². The number of hydrogen-bond acceptors (Lipinski definition) is 4. The molecule has 1 N–H and O–H groups in total. The number of aryl methyl sites for hydroxylation is 1. The topological polar surface area (TPSA) is 58.4 Å². The molecule has 5 heteroatoms. The Bertz CT molecular complexity index is 345. The quantitative estimate of drug-likeness (QED) is 0.732. The first kappa shape index (κ1) is 13.7. The Labute approximate surface area is 102 Å². The van der Waals surface area contributed by atoms with Crippen LogP contribution in [0.4, 0.5) is 0 Å². The van der Waals surface area contributed by atoms with Gasteiger partial charge in [0.15, 0.2) is 0 Å². The maximum atomic E-state index is 11.6. The van der Waals surface area contributed by atoms with Crippen LogP contribution >= 0.6 is 0 Å². The van der Waals surface area contributed by atoms with Crippen molar-refractivity contribution in [3.8, 4) is 0 Å². The summed E-state index contributed by atoms with van der Waals surface area (Å²) in [5, 5.41) is 6.49. The van der Waals surface area contributed by atoms with Crippen LogP contribution in [0, 0.1) is 6.92 Å². The fourth-order valence-electron chi connectivity index (χ4n) is 1.60. The molecular weight excluding hydrogens is 218 g/mol. The number of rotatable bonds is 7. The Morgan fingerprint density at radius 3 is 2.71 bits per heavy atom. The van der Waals surface area contributed by atoms with E-state index in [1.807, 2.05) is 0 Å². The van der Waals surface area contributed by atoms with E-state index in [1.165, 1.54) is 0 Å². The van der Waals surface area contributed by atoms with E-state index < -0.39 is 0 Å². The lowest BCUT2D eigenvalue weighted by Gasteiger charge is -2.17. The van der Waals surface area contributed by atoms with Crippen molar-refractivity contribution in [3.63, 3.8) is 0 Å². The summed E-state index contributed by atoms with van der Waals surface area (Å²) in [5.41, 5.74) is 0.721. The fourth-order valence-corrected chi connectivity index (χ4v) is 1.60. The Morgan fingerprint density at radius 2 is 2.18 bits per heavy atom. The predicted molar refractivity (Wildman–Crippen MR) is 66.0 cm³/mol. The lowest BCUT2D eigenvalue weighted by molar-refractivity contribution is 0.0915. The summed E-state index contributed by atoms with van der Waals surface area (Å²) >= 11 is 0. The number of carbonyl (C=O) groups excluding carboxylic acids is 1. The molecule has 0 fully saturated rings. The second kappa shape index (κ2) is 7.06. The highest BCUT2D eigenvalue weighted by Crippen LogP contribution is 2.01. The number of aromatic nitrogens is 1. The molecule has 0 aliphatic heterocycles. The molecule has 1 rings (SSSR count). The maximum Gasteiger partial charge on any atom is 0.289 e. The van der Waals surface area contributed by atoms with Gasteiger partial charge in [-0.05, 0) is 33.0 Å². The van der Waals surface area contributed by atoms with Gasteiger partial charge in [0, 0.05) is 12.6 Å². The molecule has 1 aromatic rings. The van der Waals surface area contributed by atoms with Crippen LogP contribution < -0.4 is 5.32 Å². The molecule has 17 heavy (non-hydrogen) atoms. The van der Waals surface area contributed by atoms with Crippen molar-refractivity contribution >= 4 is 5.91 Å². The minimum atomic E-state index is -0.190. The molecule has 0 saturated carbocycles. The first-order valence-electron chi connectivity index (χ1n) is 6.11. The van der Waals surface area contributed by atoms with E-state index in [4.69, 9.17) is 4.52 Å². The van der Waals surface area contributed by atoms with Crippen molar-refractivity contribution < 1.29 is 9.32 Å². The monoisotopic (exact) mass is 239 g/mol. The van der Waals surface area contributed by atoms with Crippen LogP contribution in [-0.2, 0) is 0 Å². The van der Waals surface area contributed by atoms with Gasteiger partial charge in [-0.25, -0.2) is 0 Å². The lowest BCUT2D eigenvalue weighted by atomic mass is 10.3. The first-order chi connectivity index (χ1) is 8.17. The maximum absolute atomic E-state index is 11.6. The highest BCUT2D eigenvalue weighted by Gasteiger charge is 2.10. The molecule has 96 valence electrons. The van der Waals surface area contributed by atoms with Crippen molar-refractivity contribution in [2.75, 3.05) is 26.2 Å². The summed E-state index contributed by atoms with van der Waals surface area (Å²) in [6.07, 6.45) is 0.945. The van der Waals surface area contributed by atoms with Gasteiger partial charge in [-0.1, -0.05) is 19.0 Å². The first-order valence-corrected chi connectivity index (χ1v) is 6.11. The third kappa shape index (κ3) is 4.56. The van der Waals surface area contributed by atoms with Gasteiger partial charge in [0.2, 0.25) is 5.76 Å². The van der Waals surface area contributed by atoms with E-state index in [0.29, 0.717) is 6.54 Å². The standard InChI is InChI=1S/C12H21N3O2/c1-4-15(5-2)8-6-7-13-12(16)11-9-10(3)14-17-11/h9H,4-8H2,1-3H3,(H,13,16). The molecule has 0 bridgehead atoms. The largest absolute Gasteiger partial charge is 0.351 e. The van der Waals surface area contributed by atoms with Crippen molar-refractivity contribution in [1.82, 2.24) is 15.4 Å². The molecule has 0 spiro atoms. The third-order valence-corrected chi connectivity index (χ3v) is 2.68. The van der Waals surface area contributed by atoms with Crippen molar-refractivity contribution in [2.45, 2.75) is 27.2 Å². The Balaban J connectivity index is 2.21. The summed E-state index contributed by atoms with van der Waals surface area (Å²) < 4.78 is 4.87. The SMILES string of the molecule is CCN(CC)CCCNC(=O)c1cc(C)no1. The van der Waals surface area contributed by atoms with Crippen LogP contribution in [0.3, 0.4) is 0 Å². The van der Waals surface area contributed by atoms with Crippen LogP contribution in [0.15, 0.2) is 10.6 Å². The second-order valence-corrected chi connectivity index (χ2v) is 3.97. The van der Waals surface area contributed by atoms with Crippen molar-refractivity contribution in [1.29, 1.82) is 0 Å². The Hall–Kier alpha value is -1.36. The van der Waals surface area contributed by atoms with Gasteiger partial charge in [-0.2, -0.15) is 0 Å². The number of hydrogen-bond donors (Lipinski definition) is 1. The van der Waals surface area contributed by atoms with E-state index in [9.17, 15) is 4.79 Å². The van der Waals surface area contributed by atoms with Gasteiger partial charge in [0.05, 0.1) is 5.69 Å². The summed E-state index contributed by atoms with van der Waals surface area (Å²) in [6, 6.07) is 1.64. The van der Waals surface area contributed by atoms with Gasteiger partial charge in [0.1, 0.15) is 0 Å². The number of amides is 1. The van der Waals surface area contributed by atoms with Crippen LogP contribution in [0.25, 0.3) is 0 Å². The molecule has 0 radical (unpaired) electrons. The average Bonchev–Trinajstić information content (AvgIpc) is 2.76. The number of nitrogens with one attached hydrogen (secondary N) is 1. The molecule has 5 nitrogen and oxygen atoms in total. The predicted octanol–water partition coefficient (Wildman–Crippen LogP) is 1.44. The molecule has 0 saturated heterocycles. The lowest BCUT2D eigenvalue weighted by Crippen LogP contribution is -2.29. The summed E-state index contributed by atoms with van der Waals surface area (Å²) in [7, 11) is 0. The highest BCUT2D eigenvalue weighted by atomic mass is 16.5. The molecule has 1 heterocycles. The van der Waals surface area contributed by atoms with Crippen molar-refractivity contribution in [3.05, 3.63) is 17.5 Å². The summed E-state index contributed by atoms with van der Waals surface area (Å²) in [4.78, 5) is 13.9. The molecule has 0 unspecified atom stereocenters. The normalized spacial score (nSPS) is 10.8. The summed E-state index contributed by atoms with van der Waals surface area (Å²) in [5.74, 6) is 0.0930. The van der Waals surface area contributed by atoms with E-state index in [2.05, 4.69) is 29.2 Å². The molecule has 1 amide bonds. The van der Waals surface area contributed by atoms with Gasteiger partial charge < -0.3 is 14.7 Å². The van der Waals surface area contributed by atoms with Gasteiger partial charge in [0.25, 0.3) is 5.91 Å². The average molecular weight is 239 g/mol. The van der Waals surface area contributed by atoms with Gasteiger partial charge >= 0.3 is 0 Å². The van der Waals surface area contributed by atoms with Gasteiger partial charge in [-0.15, -0.1) is 0 Å². The van der Waals surface area contributed by atoms with Crippen LogP contribution in [0.2, 0.25) is 0 Å². The minimum absolute atomic E-state index is 0.190. The van der Waals surface area contributed by atoms with E-state index >= 15 is 0 Å². The smallest absolute Gasteiger partial charge is 0.289 e. The zero-order chi connectivity index (χ0) is 12.7. The molecule has 0 aromatic carbocycles. The van der Waals surface area contributed by atoms with E-state index in [1.54, 1.807) is 13.0 Å². The van der Waals surface area contributed by atoms with E-state index in [0.717, 1.165) is 31.7 Å². The van der Waals surface area contributed by atoms with Crippen molar-refractivity contribution in [2.24, 2.45) is 0 Å². The third-order valence-electron chi connectivity index (χ3n) is 2.68. The zero-order valence-electron chi connectivity index (χ0n) is 10.8. The zero-order valence-corrected chi connectivity index (χ0v) is 10.8. The summed E-state index contributed by atoms with van der Waals surface area (Å²) in [6.45, 7) is 9.83. The highest BCUT2D eigenvalue weighted by molar-refractivity contribution is 5.91. The molecule has 0 aliphatic rings. The Kier molecular flexibility index (Phi) is 5.69. The molecular formula is C12H21N3O2. The van der Waals surface area contributed by atoms with Crippen LogP contribution in [0.5, 0.6) is 0 Å². The second-order valence-electron chi connectivity index (χ2n) is 3.97. The van der Waals surface area contributed by atoms with Crippen LogP contribution in [-0.4, -0.2) is 42.1 Å². The molecule has 0 aliphatic carbocycles.